The van der Waals surface area contributed by atoms with Gasteiger partial charge in [-0.2, -0.15) is 0 Å². The van der Waals surface area contributed by atoms with Crippen molar-refractivity contribution in [3.8, 4) is 0 Å². The van der Waals surface area contributed by atoms with Crippen molar-refractivity contribution < 1.29 is 9.59 Å². The molecule has 2 heterocycles. The zero-order valence-corrected chi connectivity index (χ0v) is 14.7. The van der Waals surface area contributed by atoms with E-state index in [1.165, 1.54) is 6.42 Å². The van der Waals surface area contributed by atoms with E-state index in [1.807, 2.05) is 24.3 Å². The highest BCUT2D eigenvalue weighted by Gasteiger charge is 2.31. The summed E-state index contributed by atoms with van der Waals surface area (Å²) in [5, 5.41) is 11.2. The summed E-state index contributed by atoms with van der Waals surface area (Å²) < 4.78 is 0. The fourth-order valence-electron chi connectivity index (χ4n) is 3.86. The monoisotopic (exact) mass is 353 g/mol. The second-order valence-corrected chi connectivity index (χ2v) is 7.20. The van der Waals surface area contributed by atoms with Gasteiger partial charge in [-0.15, -0.1) is 10.2 Å². The van der Waals surface area contributed by atoms with Gasteiger partial charge >= 0.3 is 0 Å². The summed E-state index contributed by atoms with van der Waals surface area (Å²) in [7, 11) is 0. The first kappa shape index (κ1) is 16.9. The number of nitrogens with one attached hydrogen (secondary N) is 1. The standard InChI is InChI=1S/C19H23N5O2/c25-18(13-6-2-1-3-7-13)20-14-10-11-24(12-14)19(26)17-21-15-8-4-5-9-16(15)22-23-17/h4-5,8-9,13-14H,1-3,6-7,10-12H2,(H,20,25)/t14-/m0/s1. The zero-order valence-electron chi connectivity index (χ0n) is 14.7. The van der Waals surface area contributed by atoms with Crippen molar-refractivity contribution in [2.24, 2.45) is 5.92 Å². The Morgan fingerprint density at radius 2 is 1.77 bits per heavy atom. The van der Waals surface area contributed by atoms with Crippen molar-refractivity contribution in [3.63, 3.8) is 0 Å². The van der Waals surface area contributed by atoms with Crippen LogP contribution in [0, 0.1) is 5.92 Å². The van der Waals surface area contributed by atoms with E-state index in [-0.39, 0.29) is 29.6 Å². The normalized spacial score (nSPS) is 21.1. The molecule has 1 aliphatic carbocycles. The van der Waals surface area contributed by atoms with Crippen LogP contribution in [0.25, 0.3) is 11.0 Å². The topological polar surface area (TPSA) is 88.1 Å². The lowest BCUT2D eigenvalue weighted by Crippen LogP contribution is -2.42. The molecule has 7 heteroatoms. The van der Waals surface area contributed by atoms with Gasteiger partial charge in [-0.1, -0.05) is 31.4 Å². The summed E-state index contributed by atoms with van der Waals surface area (Å²) in [6, 6.07) is 7.37. The number of benzene rings is 1. The van der Waals surface area contributed by atoms with Crippen LogP contribution in [0.3, 0.4) is 0 Å². The molecule has 1 saturated carbocycles. The van der Waals surface area contributed by atoms with E-state index in [9.17, 15) is 9.59 Å². The van der Waals surface area contributed by atoms with Gasteiger partial charge in [0.1, 0.15) is 5.52 Å². The lowest BCUT2D eigenvalue weighted by atomic mass is 9.88. The Labute approximate surface area is 152 Å². The Bertz CT molecular complexity index is 818. The number of fused-ring (bicyclic) bond motifs is 1. The molecule has 2 aliphatic rings. The van der Waals surface area contributed by atoms with Gasteiger partial charge in [0, 0.05) is 25.0 Å². The lowest BCUT2D eigenvalue weighted by molar-refractivity contribution is -0.126. The minimum atomic E-state index is -0.224. The first-order valence-corrected chi connectivity index (χ1v) is 9.40. The highest BCUT2D eigenvalue weighted by Crippen LogP contribution is 2.24. The Hall–Kier alpha value is -2.57. The molecule has 2 aromatic rings. The third-order valence-electron chi connectivity index (χ3n) is 5.35. The van der Waals surface area contributed by atoms with Crippen LogP contribution in [-0.4, -0.2) is 51.0 Å². The molecule has 26 heavy (non-hydrogen) atoms. The molecule has 136 valence electrons. The van der Waals surface area contributed by atoms with Gasteiger partial charge in [0.2, 0.25) is 11.7 Å². The predicted molar refractivity (Wildman–Crippen MR) is 96.4 cm³/mol. The van der Waals surface area contributed by atoms with E-state index in [1.54, 1.807) is 4.90 Å². The third kappa shape index (κ3) is 3.52. The number of carbonyl (C=O) groups is 2. The molecule has 1 saturated heterocycles. The van der Waals surface area contributed by atoms with Crippen molar-refractivity contribution in [1.82, 2.24) is 25.4 Å². The molecule has 1 atom stereocenters. The molecular formula is C19H23N5O2. The van der Waals surface area contributed by atoms with E-state index in [0.717, 1.165) is 32.1 Å². The van der Waals surface area contributed by atoms with Gasteiger partial charge in [-0.3, -0.25) is 9.59 Å². The maximum atomic E-state index is 12.7. The minimum Gasteiger partial charge on any atom is -0.351 e. The van der Waals surface area contributed by atoms with Gasteiger partial charge < -0.3 is 10.2 Å². The predicted octanol–water partition coefficient (Wildman–Crippen LogP) is 1.94. The first-order valence-electron chi connectivity index (χ1n) is 9.40. The van der Waals surface area contributed by atoms with Gasteiger partial charge in [0.25, 0.3) is 5.91 Å². The molecule has 7 nitrogen and oxygen atoms in total. The molecule has 2 amide bonds. The number of para-hydroxylation sites is 1. The SMILES string of the molecule is O=C(N[C@H]1CCN(C(=O)c2nnc3ccccc3n2)C1)C1CCCCC1. The van der Waals surface area contributed by atoms with Crippen LogP contribution in [0.1, 0.15) is 49.1 Å². The molecule has 1 aromatic heterocycles. The average molecular weight is 353 g/mol. The van der Waals surface area contributed by atoms with Gasteiger partial charge in [0.15, 0.2) is 0 Å². The highest BCUT2D eigenvalue weighted by atomic mass is 16.2. The Balaban J connectivity index is 1.37. The fourth-order valence-corrected chi connectivity index (χ4v) is 3.86. The third-order valence-corrected chi connectivity index (χ3v) is 5.35. The summed E-state index contributed by atoms with van der Waals surface area (Å²) in [5.41, 5.74) is 1.33. The van der Waals surface area contributed by atoms with Crippen molar-refractivity contribution in [2.75, 3.05) is 13.1 Å². The van der Waals surface area contributed by atoms with Crippen molar-refractivity contribution in [2.45, 2.75) is 44.6 Å². The van der Waals surface area contributed by atoms with E-state index in [4.69, 9.17) is 0 Å². The van der Waals surface area contributed by atoms with E-state index < -0.39 is 0 Å². The summed E-state index contributed by atoms with van der Waals surface area (Å²) in [5.74, 6) is 0.176. The summed E-state index contributed by atoms with van der Waals surface area (Å²) in [4.78, 5) is 31.1. The fraction of sp³-hybridized carbons (Fsp3) is 0.526. The van der Waals surface area contributed by atoms with Crippen molar-refractivity contribution in [3.05, 3.63) is 30.1 Å². The molecular weight excluding hydrogens is 330 g/mol. The Kier molecular flexibility index (Phi) is 4.77. The molecule has 4 rings (SSSR count). The number of hydrogen-bond acceptors (Lipinski definition) is 5. The molecule has 1 aliphatic heterocycles. The lowest BCUT2D eigenvalue weighted by Gasteiger charge is -2.23. The maximum absolute atomic E-state index is 12.7. The summed E-state index contributed by atoms with van der Waals surface area (Å²) >= 11 is 0. The highest BCUT2D eigenvalue weighted by molar-refractivity contribution is 5.92. The van der Waals surface area contributed by atoms with Crippen LogP contribution in [0.5, 0.6) is 0 Å². The molecule has 2 fully saturated rings. The number of hydrogen-bond donors (Lipinski definition) is 1. The first-order chi connectivity index (χ1) is 12.7. The van der Waals surface area contributed by atoms with Crippen LogP contribution in [0.15, 0.2) is 24.3 Å². The Morgan fingerprint density at radius 3 is 2.58 bits per heavy atom. The van der Waals surface area contributed by atoms with E-state index in [2.05, 4.69) is 20.5 Å². The second kappa shape index (κ2) is 7.35. The molecule has 1 N–H and O–H groups in total. The molecule has 0 spiro atoms. The number of aromatic nitrogens is 3. The molecule has 1 aromatic carbocycles. The van der Waals surface area contributed by atoms with Crippen LogP contribution in [0.4, 0.5) is 0 Å². The van der Waals surface area contributed by atoms with E-state index >= 15 is 0 Å². The summed E-state index contributed by atoms with van der Waals surface area (Å²) in [6.07, 6.45) is 6.25. The van der Waals surface area contributed by atoms with Crippen LogP contribution < -0.4 is 5.32 Å². The zero-order chi connectivity index (χ0) is 17.9. The van der Waals surface area contributed by atoms with Gasteiger partial charge in [0.05, 0.1) is 5.52 Å². The maximum Gasteiger partial charge on any atom is 0.293 e. The van der Waals surface area contributed by atoms with Gasteiger partial charge in [-0.25, -0.2) is 4.98 Å². The number of likely N-dealkylation sites (tertiary alicyclic amines) is 1. The van der Waals surface area contributed by atoms with Gasteiger partial charge in [-0.05, 0) is 31.4 Å². The molecule has 0 bridgehead atoms. The number of rotatable bonds is 3. The largest absolute Gasteiger partial charge is 0.351 e. The number of nitrogens with zero attached hydrogens (tertiary/aromatic N) is 4. The van der Waals surface area contributed by atoms with Crippen molar-refractivity contribution >= 4 is 22.8 Å². The number of carbonyl (C=O) groups excluding carboxylic acids is 2. The van der Waals surface area contributed by atoms with Crippen LogP contribution >= 0.6 is 0 Å². The minimum absolute atomic E-state index is 0.0155. The smallest absolute Gasteiger partial charge is 0.293 e. The Morgan fingerprint density at radius 1 is 1.00 bits per heavy atom. The summed E-state index contributed by atoms with van der Waals surface area (Å²) in [6.45, 7) is 1.11. The van der Waals surface area contributed by atoms with Crippen molar-refractivity contribution in [1.29, 1.82) is 0 Å². The quantitative estimate of drug-likeness (QED) is 0.911. The average Bonchev–Trinajstić information content (AvgIpc) is 3.16. The van der Waals surface area contributed by atoms with Crippen LogP contribution in [-0.2, 0) is 4.79 Å². The molecule has 0 radical (unpaired) electrons. The molecule has 0 unspecified atom stereocenters. The van der Waals surface area contributed by atoms with Crippen LogP contribution in [0.2, 0.25) is 0 Å². The second-order valence-electron chi connectivity index (χ2n) is 7.20. The van der Waals surface area contributed by atoms with E-state index in [0.29, 0.717) is 24.1 Å². The number of amides is 2.